The van der Waals surface area contributed by atoms with Crippen LogP contribution in [0.2, 0.25) is 0 Å². The van der Waals surface area contributed by atoms with Crippen LogP contribution >= 0.6 is 0 Å². The zero-order chi connectivity index (χ0) is 14.6. The van der Waals surface area contributed by atoms with Gasteiger partial charge < -0.3 is 0 Å². The monoisotopic (exact) mass is 290 g/mol. The first-order valence-corrected chi connectivity index (χ1v) is 6.98. The number of carbonyl (C=O) groups is 1. The Morgan fingerprint density at radius 1 is 1.32 bits per heavy atom. The number of sulfonamides is 1. The summed E-state index contributed by atoms with van der Waals surface area (Å²) in [6.07, 6.45) is 0. The van der Waals surface area contributed by atoms with Crippen LogP contribution in [0.1, 0.15) is 13.8 Å². The number of hydrogen-bond acceptors (Lipinski definition) is 4. The molecule has 0 unspecified atom stereocenters. The quantitative estimate of drug-likeness (QED) is 0.547. The van der Waals surface area contributed by atoms with E-state index in [4.69, 9.17) is 5.21 Å². The predicted molar refractivity (Wildman–Crippen MR) is 65.3 cm³/mol. The number of halogens is 1. The molecule has 6 nitrogen and oxygen atoms in total. The van der Waals surface area contributed by atoms with E-state index < -0.39 is 38.6 Å². The van der Waals surface area contributed by atoms with Gasteiger partial charge >= 0.3 is 0 Å². The van der Waals surface area contributed by atoms with Gasteiger partial charge in [0, 0.05) is 0 Å². The van der Waals surface area contributed by atoms with E-state index >= 15 is 0 Å². The van der Waals surface area contributed by atoms with Crippen LogP contribution in [-0.4, -0.2) is 25.6 Å². The van der Waals surface area contributed by atoms with Crippen LogP contribution in [0, 0.1) is 11.7 Å². The number of rotatable bonds is 5. The van der Waals surface area contributed by atoms with Crippen LogP contribution in [0.3, 0.4) is 0 Å². The average molecular weight is 290 g/mol. The minimum Gasteiger partial charge on any atom is -0.289 e. The fourth-order valence-corrected chi connectivity index (χ4v) is 2.88. The molecule has 0 saturated carbocycles. The van der Waals surface area contributed by atoms with E-state index in [0.29, 0.717) is 0 Å². The molecular weight excluding hydrogens is 275 g/mol. The fourth-order valence-electron chi connectivity index (χ4n) is 1.46. The maximum absolute atomic E-state index is 13.5. The van der Waals surface area contributed by atoms with Crippen molar-refractivity contribution in [3.05, 3.63) is 30.1 Å². The first-order chi connectivity index (χ1) is 8.79. The standard InChI is InChI=1S/C11H15FN2O4S/c1-7(2)10(11(15)13-16)14-19(17,18)9-6-4-3-5-8(9)12/h3-7,10,14,16H,1-2H3,(H,13,15)/t10-/m1/s1. The Morgan fingerprint density at radius 2 is 1.89 bits per heavy atom. The zero-order valence-corrected chi connectivity index (χ0v) is 11.2. The van der Waals surface area contributed by atoms with E-state index in [1.165, 1.54) is 17.6 Å². The van der Waals surface area contributed by atoms with Gasteiger partial charge in [-0.15, -0.1) is 0 Å². The molecule has 3 N–H and O–H groups in total. The van der Waals surface area contributed by atoms with Gasteiger partial charge in [-0.1, -0.05) is 26.0 Å². The molecule has 0 heterocycles. The highest BCUT2D eigenvalue weighted by Crippen LogP contribution is 2.15. The van der Waals surface area contributed by atoms with Crippen molar-refractivity contribution >= 4 is 15.9 Å². The van der Waals surface area contributed by atoms with E-state index in [0.717, 1.165) is 12.1 Å². The summed E-state index contributed by atoms with van der Waals surface area (Å²) in [7, 11) is -4.19. The molecule has 1 aromatic carbocycles. The lowest BCUT2D eigenvalue weighted by atomic mass is 10.1. The van der Waals surface area contributed by atoms with Crippen molar-refractivity contribution in [2.45, 2.75) is 24.8 Å². The topological polar surface area (TPSA) is 95.5 Å². The van der Waals surface area contributed by atoms with Gasteiger partial charge in [0.2, 0.25) is 10.0 Å². The minimum absolute atomic E-state index is 0.423. The van der Waals surface area contributed by atoms with Crippen LogP contribution in [-0.2, 0) is 14.8 Å². The molecule has 8 heteroatoms. The minimum atomic E-state index is -4.19. The molecule has 19 heavy (non-hydrogen) atoms. The number of benzene rings is 1. The van der Waals surface area contributed by atoms with Crippen molar-refractivity contribution in [2.75, 3.05) is 0 Å². The van der Waals surface area contributed by atoms with Crippen LogP contribution in [0.25, 0.3) is 0 Å². The highest BCUT2D eigenvalue weighted by Gasteiger charge is 2.29. The second-order valence-electron chi connectivity index (χ2n) is 4.25. The molecule has 1 aromatic rings. The molecule has 0 aliphatic carbocycles. The van der Waals surface area contributed by atoms with Crippen LogP contribution < -0.4 is 10.2 Å². The third kappa shape index (κ3) is 3.72. The van der Waals surface area contributed by atoms with Gasteiger partial charge in [0.05, 0.1) is 0 Å². The van der Waals surface area contributed by atoms with Gasteiger partial charge in [0.1, 0.15) is 16.8 Å². The van der Waals surface area contributed by atoms with E-state index in [1.807, 2.05) is 0 Å². The summed E-state index contributed by atoms with van der Waals surface area (Å²) < 4.78 is 39.5. The summed E-state index contributed by atoms with van der Waals surface area (Å²) in [4.78, 5) is 10.8. The van der Waals surface area contributed by atoms with E-state index in [1.54, 1.807) is 13.8 Å². The number of hydrogen-bond donors (Lipinski definition) is 3. The van der Waals surface area contributed by atoms with E-state index in [9.17, 15) is 17.6 Å². The van der Waals surface area contributed by atoms with Crippen molar-refractivity contribution < 1.29 is 22.8 Å². The summed E-state index contributed by atoms with van der Waals surface area (Å²) in [6, 6.07) is 3.62. The summed E-state index contributed by atoms with van der Waals surface area (Å²) in [6.45, 7) is 3.17. The molecule has 0 aliphatic rings. The van der Waals surface area contributed by atoms with E-state index in [2.05, 4.69) is 4.72 Å². The van der Waals surface area contributed by atoms with Gasteiger partial charge in [0.15, 0.2) is 0 Å². The summed E-state index contributed by atoms with van der Waals surface area (Å²) in [5.74, 6) is -2.24. The molecule has 0 aliphatic heterocycles. The van der Waals surface area contributed by atoms with Gasteiger partial charge in [-0.25, -0.2) is 18.3 Å². The normalized spacial score (nSPS) is 13.3. The first kappa shape index (κ1) is 15.5. The van der Waals surface area contributed by atoms with Gasteiger partial charge in [-0.3, -0.25) is 10.0 Å². The summed E-state index contributed by atoms with van der Waals surface area (Å²) >= 11 is 0. The van der Waals surface area contributed by atoms with Crippen LogP contribution in [0.4, 0.5) is 4.39 Å². The van der Waals surface area contributed by atoms with Crippen molar-refractivity contribution in [3.63, 3.8) is 0 Å². The van der Waals surface area contributed by atoms with Gasteiger partial charge in [-0.2, -0.15) is 4.72 Å². The predicted octanol–water partition coefficient (Wildman–Crippen LogP) is 0.634. The Balaban J connectivity index is 3.08. The molecule has 106 valence electrons. The molecule has 1 atom stereocenters. The van der Waals surface area contributed by atoms with E-state index in [-0.39, 0.29) is 0 Å². The fraction of sp³-hybridized carbons (Fsp3) is 0.364. The van der Waals surface area contributed by atoms with Crippen LogP contribution in [0.15, 0.2) is 29.2 Å². The van der Waals surface area contributed by atoms with Crippen molar-refractivity contribution in [3.8, 4) is 0 Å². The van der Waals surface area contributed by atoms with Gasteiger partial charge in [0.25, 0.3) is 5.91 Å². The van der Waals surface area contributed by atoms with Crippen molar-refractivity contribution in [2.24, 2.45) is 5.92 Å². The molecule has 0 saturated heterocycles. The Labute approximate surface area is 110 Å². The smallest absolute Gasteiger partial charge is 0.261 e. The highest BCUT2D eigenvalue weighted by atomic mass is 32.2. The molecule has 1 rings (SSSR count). The Hall–Kier alpha value is -1.51. The summed E-state index contributed by atoms with van der Waals surface area (Å²) in [5, 5.41) is 8.57. The molecular formula is C11H15FN2O4S. The molecule has 0 radical (unpaired) electrons. The first-order valence-electron chi connectivity index (χ1n) is 5.50. The Bertz CT molecular complexity index is 560. The zero-order valence-electron chi connectivity index (χ0n) is 10.4. The second-order valence-corrected chi connectivity index (χ2v) is 5.93. The highest BCUT2D eigenvalue weighted by molar-refractivity contribution is 7.89. The third-order valence-corrected chi connectivity index (χ3v) is 3.94. The lowest BCUT2D eigenvalue weighted by Gasteiger charge is -2.20. The second kappa shape index (κ2) is 6.09. The Kier molecular flexibility index (Phi) is 4.98. The van der Waals surface area contributed by atoms with Crippen molar-refractivity contribution in [1.82, 2.24) is 10.2 Å². The largest absolute Gasteiger partial charge is 0.289 e. The maximum atomic E-state index is 13.5. The third-order valence-electron chi connectivity index (χ3n) is 2.47. The van der Waals surface area contributed by atoms with Crippen molar-refractivity contribution in [1.29, 1.82) is 0 Å². The lowest BCUT2D eigenvalue weighted by Crippen LogP contribution is -2.48. The number of hydroxylamine groups is 1. The molecule has 1 amide bonds. The number of carbonyl (C=O) groups excluding carboxylic acids is 1. The number of amides is 1. The van der Waals surface area contributed by atoms with Crippen LogP contribution in [0.5, 0.6) is 0 Å². The average Bonchev–Trinajstić information content (AvgIpc) is 2.35. The molecule has 0 aromatic heterocycles. The molecule has 0 spiro atoms. The lowest BCUT2D eigenvalue weighted by molar-refractivity contribution is -0.131. The molecule has 0 bridgehead atoms. The molecule has 0 fully saturated rings. The SMILES string of the molecule is CC(C)[C@@H](NS(=O)(=O)c1ccccc1F)C(=O)NO. The summed E-state index contributed by atoms with van der Waals surface area (Å²) in [5.41, 5.74) is 1.38. The maximum Gasteiger partial charge on any atom is 0.261 e. The number of nitrogens with one attached hydrogen (secondary N) is 2. The van der Waals surface area contributed by atoms with Gasteiger partial charge in [-0.05, 0) is 18.1 Å². The Morgan fingerprint density at radius 3 is 2.37 bits per heavy atom.